The number of benzene rings is 1. The summed E-state index contributed by atoms with van der Waals surface area (Å²) in [5, 5.41) is 0. The topological polar surface area (TPSA) is 9.23 Å². The van der Waals surface area contributed by atoms with Crippen molar-refractivity contribution in [3.63, 3.8) is 0 Å². The molecule has 0 aliphatic heterocycles. The molecule has 0 N–H and O–H groups in total. The quantitative estimate of drug-likeness (QED) is 0.761. The molecule has 1 nitrogen and oxygen atoms in total. The lowest BCUT2D eigenvalue weighted by Gasteiger charge is -2.42. The van der Waals surface area contributed by atoms with Gasteiger partial charge in [0, 0.05) is 7.11 Å². The first-order valence-corrected chi connectivity index (χ1v) is 7.54. The van der Waals surface area contributed by atoms with Crippen molar-refractivity contribution in [2.75, 3.05) is 7.11 Å². The second kappa shape index (κ2) is 5.62. The highest BCUT2D eigenvalue weighted by Gasteiger charge is 2.35. The minimum Gasteiger partial charge on any atom is -0.381 e. The van der Waals surface area contributed by atoms with Crippen LogP contribution in [0.25, 0.3) is 0 Å². The maximum absolute atomic E-state index is 13.0. The molecule has 0 saturated heterocycles. The number of ether oxygens (including phenoxy) is 1. The van der Waals surface area contributed by atoms with Gasteiger partial charge in [-0.15, -0.1) is 0 Å². The molecule has 104 valence electrons. The van der Waals surface area contributed by atoms with Crippen LogP contribution in [0.5, 0.6) is 0 Å². The SMILES string of the molecule is COC1CCC2CC(c3ccc(F)cc3)CCC2C1. The van der Waals surface area contributed by atoms with Gasteiger partial charge >= 0.3 is 0 Å². The fourth-order valence-corrected chi connectivity index (χ4v) is 4.10. The Labute approximate surface area is 115 Å². The van der Waals surface area contributed by atoms with E-state index in [1.165, 1.54) is 44.1 Å². The van der Waals surface area contributed by atoms with E-state index in [4.69, 9.17) is 4.74 Å². The summed E-state index contributed by atoms with van der Waals surface area (Å²) in [6, 6.07) is 7.15. The average Bonchev–Trinajstić information content (AvgIpc) is 2.47. The van der Waals surface area contributed by atoms with E-state index in [0.717, 1.165) is 11.8 Å². The van der Waals surface area contributed by atoms with Crippen LogP contribution in [0.15, 0.2) is 24.3 Å². The molecule has 2 fully saturated rings. The van der Waals surface area contributed by atoms with Crippen molar-refractivity contribution in [2.24, 2.45) is 11.8 Å². The van der Waals surface area contributed by atoms with Crippen LogP contribution >= 0.6 is 0 Å². The number of hydrogen-bond donors (Lipinski definition) is 0. The molecule has 1 aromatic rings. The Balaban J connectivity index is 1.65. The van der Waals surface area contributed by atoms with Gasteiger partial charge in [0.25, 0.3) is 0 Å². The van der Waals surface area contributed by atoms with Crippen molar-refractivity contribution in [3.05, 3.63) is 35.6 Å². The summed E-state index contributed by atoms with van der Waals surface area (Å²) in [7, 11) is 1.84. The zero-order chi connectivity index (χ0) is 13.2. The Morgan fingerprint density at radius 2 is 1.63 bits per heavy atom. The Bertz CT molecular complexity index is 414. The Morgan fingerprint density at radius 3 is 2.37 bits per heavy atom. The van der Waals surface area contributed by atoms with E-state index < -0.39 is 0 Å². The van der Waals surface area contributed by atoms with Gasteiger partial charge in [0.05, 0.1) is 6.10 Å². The van der Waals surface area contributed by atoms with E-state index in [2.05, 4.69) is 0 Å². The Hall–Kier alpha value is -0.890. The summed E-state index contributed by atoms with van der Waals surface area (Å²) < 4.78 is 18.5. The largest absolute Gasteiger partial charge is 0.381 e. The molecule has 1 aromatic carbocycles. The molecule has 2 aliphatic rings. The smallest absolute Gasteiger partial charge is 0.123 e. The predicted molar refractivity (Wildman–Crippen MR) is 74.6 cm³/mol. The molecule has 2 aliphatic carbocycles. The van der Waals surface area contributed by atoms with E-state index in [1.54, 1.807) is 12.1 Å². The third-order valence-electron chi connectivity index (χ3n) is 5.24. The maximum Gasteiger partial charge on any atom is 0.123 e. The highest BCUT2D eigenvalue weighted by atomic mass is 19.1. The molecule has 2 saturated carbocycles. The van der Waals surface area contributed by atoms with Crippen LogP contribution in [-0.2, 0) is 4.74 Å². The van der Waals surface area contributed by atoms with Crippen LogP contribution in [0.3, 0.4) is 0 Å². The third kappa shape index (κ3) is 2.84. The number of hydrogen-bond acceptors (Lipinski definition) is 1. The zero-order valence-corrected chi connectivity index (χ0v) is 11.6. The number of methoxy groups -OCH3 is 1. The summed E-state index contributed by atoms with van der Waals surface area (Å²) in [6.45, 7) is 0. The first-order chi connectivity index (χ1) is 9.26. The lowest BCUT2D eigenvalue weighted by atomic mass is 9.65. The molecule has 4 atom stereocenters. The van der Waals surface area contributed by atoms with Gasteiger partial charge in [-0.05, 0) is 74.0 Å². The van der Waals surface area contributed by atoms with Gasteiger partial charge < -0.3 is 4.74 Å². The maximum atomic E-state index is 13.0. The lowest BCUT2D eigenvalue weighted by Crippen LogP contribution is -2.33. The standard InChI is InChI=1S/C17H23FO/c1-19-17-9-6-14-10-13(2-3-15(14)11-17)12-4-7-16(18)8-5-12/h4-5,7-8,13-15,17H,2-3,6,9-11H2,1H3. The van der Waals surface area contributed by atoms with Crippen molar-refractivity contribution in [1.82, 2.24) is 0 Å². The van der Waals surface area contributed by atoms with Crippen LogP contribution in [0.4, 0.5) is 4.39 Å². The van der Waals surface area contributed by atoms with Gasteiger partial charge in [-0.2, -0.15) is 0 Å². The molecule has 2 heteroatoms. The second-order valence-corrected chi connectivity index (χ2v) is 6.25. The molecular formula is C17H23FO. The molecule has 0 radical (unpaired) electrons. The molecule has 0 aromatic heterocycles. The highest BCUT2D eigenvalue weighted by molar-refractivity contribution is 5.21. The van der Waals surface area contributed by atoms with Crippen molar-refractivity contribution in [2.45, 2.75) is 50.5 Å². The van der Waals surface area contributed by atoms with Gasteiger partial charge in [0.15, 0.2) is 0 Å². The molecule has 19 heavy (non-hydrogen) atoms. The minimum atomic E-state index is -0.127. The number of fused-ring (bicyclic) bond motifs is 1. The van der Waals surface area contributed by atoms with E-state index in [0.29, 0.717) is 12.0 Å². The highest BCUT2D eigenvalue weighted by Crippen LogP contribution is 2.46. The normalized spacial score (nSPS) is 34.8. The van der Waals surface area contributed by atoms with Gasteiger partial charge in [-0.1, -0.05) is 12.1 Å². The summed E-state index contributed by atoms with van der Waals surface area (Å²) >= 11 is 0. The van der Waals surface area contributed by atoms with Crippen molar-refractivity contribution >= 4 is 0 Å². The van der Waals surface area contributed by atoms with Gasteiger partial charge in [-0.3, -0.25) is 0 Å². The zero-order valence-electron chi connectivity index (χ0n) is 11.6. The molecule has 4 unspecified atom stereocenters. The monoisotopic (exact) mass is 262 g/mol. The second-order valence-electron chi connectivity index (χ2n) is 6.25. The van der Waals surface area contributed by atoms with E-state index in [1.807, 2.05) is 19.2 Å². The van der Waals surface area contributed by atoms with Crippen LogP contribution in [0.1, 0.15) is 50.0 Å². The first kappa shape index (κ1) is 13.1. The van der Waals surface area contributed by atoms with Crippen LogP contribution in [-0.4, -0.2) is 13.2 Å². The lowest BCUT2D eigenvalue weighted by molar-refractivity contribution is 0.0123. The fraction of sp³-hybridized carbons (Fsp3) is 0.647. The van der Waals surface area contributed by atoms with Crippen LogP contribution < -0.4 is 0 Å². The van der Waals surface area contributed by atoms with E-state index in [9.17, 15) is 4.39 Å². The van der Waals surface area contributed by atoms with Gasteiger partial charge in [0.1, 0.15) is 5.82 Å². The molecule has 3 rings (SSSR count). The Kier molecular flexibility index (Phi) is 3.88. The number of rotatable bonds is 2. The van der Waals surface area contributed by atoms with E-state index >= 15 is 0 Å². The van der Waals surface area contributed by atoms with Crippen LogP contribution in [0, 0.1) is 17.7 Å². The molecule has 0 bridgehead atoms. The van der Waals surface area contributed by atoms with Crippen molar-refractivity contribution in [1.29, 1.82) is 0 Å². The third-order valence-corrected chi connectivity index (χ3v) is 5.24. The van der Waals surface area contributed by atoms with Crippen LogP contribution in [0.2, 0.25) is 0 Å². The molecular weight excluding hydrogens is 239 g/mol. The average molecular weight is 262 g/mol. The molecule has 0 spiro atoms. The van der Waals surface area contributed by atoms with Gasteiger partial charge in [0.2, 0.25) is 0 Å². The fourth-order valence-electron chi connectivity index (χ4n) is 4.10. The minimum absolute atomic E-state index is 0.127. The Morgan fingerprint density at radius 1 is 0.947 bits per heavy atom. The van der Waals surface area contributed by atoms with Crippen molar-refractivity contribution < 1.29 is 9.13 Å². The van der Waals surface area contributed by atoms with Gasteiger partial charge in [-0.25, -0.2) is 4.39 Å². The first-order valence-electron chi connectivity index (χ1n) is 7.54. The van der Waals surface area contributed by atoms with Crippen molar-refractivity contribution in [3.8, 4) is 0 Å². The van der Waals surface area contributed by atoms with E-state index in [-0.39, 0.29) is 5.82 Å². The molecule has 0 amide bonds. The summed E-state index contributed by atoms with van der Waals surface area (Å²) in [5.74, 6) is 2.23. The number of halogens is 1. The summed E-state index contributed by atoms with van der Waals surface area (Å²) in [5.41, 5.74) is 1.33. The predicted octanol–water partition coefficient (Wildman–Crippen LogP) is 4.52. The molecule has 0 heterocycles. The summed E-state index contributed by atoms with van der Waals surface area (Å²) in [4.78, 5) is 0. The summed E-state index contributed by atoms with van der Waals surface area (Å²) in [6.07, 6.45) is 8.11.